The van der Waals surface area contributed by atoms with Crippen LogP contribution in [-0.4, -0.2) is 28.6 Å². The van der Waals surface area contributed by atoms with Crippen molar-refractivity contribution in [3.8, 4) is 0 Å². The average molecular weight is 223 g/mol. The maximum absolute atomic E-state index is 11.1. The molecule has 14 heavy (non-hydrogen) atoms. The van der Waals surface area contributed by atoms with E-state index in [4.69, 9.17) is 5.73 Å². The second-order valence-electron chi connectivity index (χ2n) is 3.44. The maximum Gasteiger partial charge on any atom is 0.276 e. The van der Waals surface area contributed by atoms with Gasteiger partial charge in [-0.1, -0.05) is 13.8 Å². The zero-order valence-corrected chi connectivity index (χ0v) is 9.95. The van der Waals surface area contributed by atoms with Crippen molar-refractivity contribution in [2.75, 3.05) is 20.1 Å². The molecule has 5 nitrogen and oxygen atoms in total. The predicted molar refractivity (Wildman–Crippen MR) is 58.1 cm³/mol. The summed E-state index contributed by atoms with van der Waals surface area (Å²) in [7, 11) is -1.96. The molecule has 0 aromatic heterocycles. The summed E-state index contributed by atoms with van der Waals surface area (Å²) >= 11 is 0. The quantitative estimate of drug-likeness (QED) is 0.559. The number of nitrogens with two attached hydrogens (primary N) is 1. The predicted octanol–water partition coefficient (Wildman–Crippen LogP) is -0.195. The molecule has 0 amide bonds. The molecule has 0 aliphatic rings. The number of hydrogen-bond acceptors (Lipinski definition) is 3. The van der Waals surface area contributed by atoms with Gasteiger partial charge in [-0.05, 0) is 24.8 Å². The van der Waals surface area contributed by atoms with Crippen LogP contribution in [0.2, 0.25) is 0 Å². The van der Waals surface area contributed by atoms with Crippen LogP contribution in [0, 0.1) is 5.41 Å². The van der Waals surface area contributed by atoms with Gasteiger partial charge in [0.05, 0.1) is 0 Å². The average Bonchev–Trinajstić information content (AvgIpc) is 2.21. The lowest BCUT2D eigenvalue weighted by Crippen LogP contribution is -2.44. The molecular weight excluding hydrogens is 202 g/mol. The minimum atomic E-state index is -3.34. The van der Waals surface area contributed by atoms with Crippen LogP contribution in [-0.2, 0) is 10.2 Å². The van der Waals surface area contributed by atoms with Crippen molar-refractivity contribution in [1.82, 2.24) is 9.44 Å². The van der Waals surface area contributed by atoms with Crippen LogP contribution in [0.4, 0.5) is 0 Å². The normalized spacial score (nSPS) is 13.1. The molecule has 0 spiro atoms. The number of rotatable bonds is 7. The first-order valence-corrected chi connectivity index (χ1v) is 6.31. The topological polar surface area (TPSA) is 84.2 Å². The summed E-state index contributed by atoms with van der Waals surface area (Å²) in [5, 5.41) is 0. The molecule has 0 bridgehead atoms. The van der Waals surface area contributed by atoms with Crippen LogP contribution in [0.5, 0.6) is 0 Å². The maximum atomic E-state index is 11.1. The van der Waals surface area contributed by atoms with Crippen LogP contribution in [0.15, 0.2) is 0 Å². The van der Waals surface area contributed by atoms with Gasteiger partial charge in [0.25, 0.3) is 10.2 Å². The molecule has 86 valence electrons. The minimum absolute atomic E-state index is 0.121. The van der Waals surface area contributed by atoms with Crippen molar-refractivity contribution in [3.05, 3.63) is 0 Å². The zero-order chi connectivity index (χ0) is 11.2. The van der Waals surface area contributed by atoms with E-state index in [-0.39, 0.29) is 5.41 Å². The van der Waals surface area contributed by atoms with E-state index in [9.17, 15) is 8.42 Å². The fourth-order valence-corrected chi connectivity index (χ4v) is 1.82. The Balaban J connectivity index is 4.34. The summed E-state index contributed by atoms with van der Waals surface area (Å²) in [6, 6.07) is 0. The Bertz CT molecular complexity index is 239. The molecule has 0 saturated heterocycles. The van der Waals surface area contributed by atoms with Crippen LogP contribution < -0.4 is 15.2 Å². The highest BCUT2D eigenvalue weighted by molar-refractivity contribution is 7.87. The Morgan fingerprint density at radius 1 is 1.29 bits per heavy atom. The number of nitrogens with one attached hydrogen (secondary N) is 2. The van der Waals surface area contributed by atoms with E-state index in [1.807, 2.05) is 13.8 Å². The van der Waals surface area contributed by atoms with Crippen LogP contribution >= 0.6 is 0 Å². The lowest BCUT2D eigenvalue weighted by atomic mass is 9.83. The van der Waals surface area contributed by atoms with E-state index in [0.717, 1.165) is 12.8 Å². The molecule has 0 rings (SSSR count). The highest BCUT2D eigenvalue weighted by Gasteiger charge is 2.25. The van der Waals surface area contributed by atoms with Gasteiger partial charge in [-0.25, -0.2) is 9.44 Å². The van der Waals surface area contributed by atoms with Gasteiger partial charge < -0.3 is 5.73 Å². The standard InChI is InChI=1S/C8H21N3O2S/c1-4-8(5-2,6-9)7-11-14(12,13)10-3/h10-11H,4-7,9H2,1-3H3. The summed E-state index contributed by atoms with van der Waals surface area (Å²) < 4.78 is 27.0. The fraction of sp³-hybridized carbons (Fsp3) is 1.00. The van der Waals surface area contributed by atoms with E-state index in [1.54, 1.807) is 0 Å². The van der Waals surface area contributed by atoms with Gasteiger partial charge in [0.15, 0.2) is 0 Å². The highest BCUT2D eigenvalue weighted by Crippen LogP contribution is 2.23. The first-order chi connectivity index (χ1) is 6.45. The van der Waals surface area contributed by atoms with E-state index >= 15 is 0 Å². The molecule has 0 aromatic rings. The molecule has 0 saturated carbocycles. The lowest BCUT2D eigenvalue weighted by molar-refractivity contribution is 0.274. The molecule has 0 unspecified atom stereocenters. The Morgan fingerprint density at radius 2 is 1.79 bits per heavy atom. The fourth-order valence-electron chi connectivity index (χ4n) is 1.18. The van der Waals surface area contributed by atoms with Crippen molar-refractivity contribution in [2.45, 2.75) is 26.7 Å². The molecule has 4 N–H and O–H groups in total. The van der Waals surface area contributed by atoms with E-state index < -0.39 is 10.2 Å². The van der Waals surface area contributed by atoms with Crippen molar-refractivity contribution >= 4 is 10.2 Å². The smallest absolute Gasteiger partial charge is 0.276 e. The summed E-state index contributed by atoms with van der Waals surface area (Å²) in [6.07, 6.45) is 1.73. The van der Waals surface area contributed by atoms with Crippen LogP contribution in [0.1, 0.15) is 26.7 Å². The number of hydrogen-bond donors (Lipinski definition) is 3. The van der Waals surface area contributed by atoms with Gasteiger partial charge >= 0.3 is 0 Å². The summed E-state index contributed by atoms with van der Waals surface area (Å²) in [5.74, 6) is 0. The SMILES string of the molecule is CCC(CC)(CN)CNS(=O)(=O)NC. The van der Waals surface area contributed by atoms with Crippen LogP contribution in [0.25, 0.3) is 0 Å². The van der Waals surface area contributed by atoms with Crippen molar-refractivity contribution < 1.29 is 8.42 Å². The molecule has 0 radical (unpaired) electrons. The second-order valence-corrected chi connectivity index (χ2v) is 5.14. The van der Waals surface area contributed by atoms with Gasteiger partial charge in [0.1, 0.15) is 0 Å². The molecule has 0 aromatic carbocycles. The molecule has 0 aliphatic heterocycles. The van der Waals surface area contributed by atoms with Crippen molar-refractivity contribution in [1.29, 1.82) is 0 Å². The molecule has 0 fully saturated rings. The minimum Gasteiger partial charge on any atom is -0.330 e. The second kappa shape index (κ2) is 5.65. The van der Waals surface area contributed by atoms with Crippen LogP contribution in [0.3, 0.4) is 0 Å². The van der Waals surface area contributed by atoms with Gasteiger partial charge in [-0.15, -0.1) is 0 Å². The third kappa shape index (κ3) is 3.91. The van der Waals surface area contributed by atoms with E-state index in [1.165, 1.54) is 7.05 Å². The largest absolute Gasteiger partial charge is 0.330 e. The lowest BCUT2D eigenvalue weighted by Gasteiger charge is -2.29. The molecular formula is C8H21N3O2S. The molecule has 6 heteroatoms. The summed E-state index contributed by atoms with van der Waals surface area (Å²) in [6.45, 7) is 4.92. The van der Waals surface area contributed by atoms with Gasteiger partial charge in [-0.3, -0.25) is 0 Å². The Labute approximate surface area is 86.6 Å². The first kappa shape index (κ1) is 13.8. The van der Waals surface area contributed by atoms with E-state index in [0.29, 0.717) is 13.1 Å². The Hall–Kier alpha value is -0.170. The summed E-state index contributed by atoms with van der Waals surface area (Å²) in [4.78, 5) is 0. The van der Waals surface area contributed by atoms with Crippen molar-refractivity contribution in [3.63, 3.8) is 0 Å². The first-order valence-electron chi connectivity index (χ1n) is 4.83. The van der Waals surface area contributed by atoms with Gasteiger partial charge in [0, 0.05) is 13.6 Å². The van der Waals surface area contributed by atoms with Gasteiger partial charge in [0.2, 0.25) is 0 Å². The van der Waals surface area contributed by atoms with Gasteiger partial charge in [-0.2, -0.15) is 8.42 Å². The van der Waals surface area contributed by atoms with E-state index in [2.05, 4.69) is 9.44 Å². The zero-order valence-electron chi connectivity index (χ0n) is 9.13. The third-order valence-corrected chi connectivity index (χ3v) is 3.90. The highest BCUT2D eigenvalue weighted by atomic mass is 32.2. The van der Waals surface area contributed by atoms with Crippen molar-refractivity contribution in [2.24, 2.45) is 11.1 Å². The Morgan fingerprint density at radius 3 is 2.07 bits per heavy atom. The third-order valence-electron chi connectivity index (χ3n) is 2.84. The monoisotopic (exact) mass is 223 g/mol. The Kier molecular flexibility index (Phi) is 5.58. The molecule has 0 heterocycles. The molecule has 0 aliphatic carbocycles. The summed E-state index contributed by atoms with van der Waals surface area (Å²) in [5.41, 5.74) is 5.52. The molecule has 0 atom stereocenters.